The van der Waals surface area contributed by atoms with Crippen molar-refractivity contribution in [3.8, 4) is 5.75 Å². The van der Waals surface area contributed by atoms with E-state index in [9.17, 15) is 0 Å². The van der Waals surface area contributed by atoms with Gasteiger partial charge in [0.15, 0.2) is 0 Å². The van der Waals surface area contributed by atoms with E-state index < -0.39 is 0 Å². The molecule has 0 saturated heterocycles. The molecule has 0 bridgehead atoms. The first kappa shape index (κ1) is 15.0. The van der Waals surface area contributed by atoms with Crippen LogP contribution in [-0.4, -0.2) is 5.11 Å². The van der Waals surface area contributed by atoms with Gasteiger partial charge in [0, 0.05) is 16.1 Å². The lowest BCUT2D eigenvalue weighted by atomic mass is 10.1. The van der Waals surface area contributed by atoms with Crippen LogP contribution in [0.1, 0.15) is 29.7 Å². The van der Waals surface area contributed by atoms with Gasteiger partial charge in [0.2, 0.25) is 0 Å². The highest BCUT2D eigenvalue weighted by Gasteiger charge is 2.09. The third-order valence-corrected chi connectivity index (χ3v) is 3.56. The van der Waals surface area contributed by atoms with Crippen molar-refractivity contribution in [2.75, 3.05) is 0 Å². The molecule has 0 spiro atoms. The van der Waals surface area contributed by atoms with Gasteiger partial charge in [-0.3, -0.25) is 0 Å². The number of aliphatic hydroxyl groups is 1. The highest BCUT2D eigenvalue weighted by molar-refractivity contribution is 9.10. The Morgan fingerprint density at radius 2 is 1.80 bits per heavy atom. The Labute approximate surface area is 127 Å². The molecule has 1 unspecified atom stereocenters. The molecule has 0 aromatic heterocycles. The summed E-state index contributed by atoms with van der Waals surface area (Å²) in [4.78, 5) is 0. The summed E-state index contributed by atoms with van der Waals surface area (Å²) in [5, 5.41) is 9.01. The molecule has 0 saturated carbocycles. The van der Waals surface area contributed by atoms with E-state index in [1.165, 1.54) is 0 Å². The Bertz CT molecular complexity index is 567. The molecule has 106 valence electrons. The molecule has 0 aliphatic rings. The number of ether oxygens (including phenoxy) is 1. The van der Waals surface area contributed by atoms with E-state index in [1.807, 2.05) is 49.4 Å². The minimum atomic E-state index is -0.0742. The van der Waals surface area contributed by atoms with Gasteiger partial charge in [-0.15, -0.1) is 0 Å². The second kappa shape index (κ2) is 6.88. The largest absolute Gasteiger partial charge is 0.489 e. The molecular weight excluding hydrogens is 318 g/mol. The molecule has 0 fully saturated rings. The van der Waals surface area contributed by atoms with Crippen LogP contribution in [0, 0.1) is 0 Å². The molecule has 0 aliphatic heterocycles. The quantitative estimate of drug-likeness (QED) is 0.878. The summed E-state index contributed by atoms with van der Waals surface area (Å²) in [6.45, 7) is 2.47. The van der Waals surface area contributed by atoms with Crippen molar-refractivity contribution in [1.82, 2.24) is 0 Å². The van der Waals surface area contributed by atoms with E-state index >= 15 is 0 Å². The molecule has 0 aliphatic carbocycles. The SMILES string of the molecule is CC(N)c1ccc(Br)cc1OCc1ccc(CO)cc1. The van der Waals surface area contributed by atoms with E-state index in [0.717, 1.165) is 26.9 Å². The Hall–Kier alpha value is -1.36. The average Bonchev–Trinajstić information content (AvgIpc) is 2.45. The standard InChI is InChI=1S/C16H18BrNO2/c1-11(18)15-7-6-14(17)8-16(15)20-10-13-4-2-12(9-19)3-5-13/h2-8,11,19H,9-10,18H2,1H3. The van der Waals surface area contributed by atoms with Crippen LogP contribution in [0.3, 0.4) is 0 Å². The van der Waals surface area contributed by atoms with Crippen LogP contribution in [0.15, 0.2) is 46.9 Å². The van der Waals surface area contributed by atoms with Crippen LogP contribution in [0.25, 0.3) is 0 Å². The molecule has 2 rings (SSSR count). The highest BCUT2D eigenvalue weighted by Crippen LogP contribution is 2.28. The van der Waals surface area contributed by atoms with Gasteiger partial charge >= 0.3 is 0 Å². The van der Waals surface area contributed by atoms with Crippen LogP contribution in [0.4, 0.5) is 0 Å². The first-order valence-electron chi connectivity index (χ1n) is 6.46. The number of aliphatic hydroxyl groups excluding tert-OH is 1. The van der Waals surface area contributed by atoms with E-state index in [-0.39, 0.29) is 12.6 Å². The fraction of sp³-hybridized carbons (Fsp3) is 0.250. The summed E-state index contributed by atoms with van der Waals surface area (Å²) in [7, 11) is 0. The van der Waals surface area contributed by atoms with E-state index in [2.05, 4.69) is 15.9 Å². The number of hydrogen-bond donors (Lipinski definition) is 2. The molecule has 3 N–H and O–H groups in total. The van der Waals surface area contributed by atoms with E-state index in [0.29, 0.717) is 6.61 Å². The number of nitrogens with two attached hydrogens (primary N) is 1. The highest BCUT2D eigenvalue weighted by atomic mass is 79.9. The average molecular weight is 336 g/mol. The minimum Gasteiger partial charge on any atom is -0.489 e. The van der Waals surface area contributed by atoms with Crippen LogP contribution in [0.2, 0.25) is 0 Å². The van der Waals surface area contributed by atoms with Gasteiger partial charge < -0.3 is 15.6 Å². The summed E-state index contributed by atoms with van der Waals surface area (Å²) in [6, 6.07) is 13.5. The summed E-state index contributed by atoms with van der Waals surface area (Å²) < 4.78 is 6.83. The second-order valence-corrected chi connectivity index (χ2v) is 5.65. The molecule has 3 nitrogen and oxygen atoms in total. The summed E-state index contributed by atoms with van der Waals surface area (Å²) in [5.74, 6) is 0.792. The van der Waals surface area contributed by atoms with Gasteiger partial charge in [0.1, 0.15) is 12.4 Å². The molecule has 1 atom stereocenters. The van der Waals surface area contributed by atoms with Gasteiger partial charge in [0.05, 0.1) is 6.61 Å². The third-order valence-electron chi connectivity index (χ3n) is 3.07. The Morgan fingerprint density at radius 3 is 2.40 bits per heavy atom. The lowest BCUT2D eigenvalue weighted by Gasteiger charge is -2.14. The van der Waals surface area contributed by atoms with Crippen LogP contribution in [0.5, 0.6) is 5.75 Å². The zero-order valence-corrected chi connectivity index (χ0v) is 12.9. The maximum atomic E-state index is 9.01. The number of hydrogen-bond acceptors (Lipinski definition) is 3. The molecule has 0 heterocycles. The zero-order valence-electron chi connectivity index (χ0n) is 11.3. The maximum absolute atomic E-state index is 9.01. The van der Waals surface area contributed by atoms with Crippen LogP contribution >= 0.6 is 15.9 Å². The zero-order chi connectivity index (χ0) is 14.5. The topological polar surface area (TPSA) is 55.5 Å². The molecule has 20 heavy (non-hydrogen) atoms. The van der Waals surface area contributed by atoms with Crippen LogP contribution in [-0.2, 0) is 13.2 Å². The Kier molecular flexibility index (Phi) is 5.17. The molecular formula is C16H18BrNO2. The number of halogens is 1. The van der Waals surface area contributed by atoms with Crippen molar-refractivity contribution in [2.45, 2.75) is 26.2 Å². The van der Waals surface area contributed by atoms with Gasteiger partial charge in [-0.2, -0.15) is 0 Å². The smallest absolute Gasteiger partial charge is 0.125 e. The maximum Gasteiger partial charge on any atom is 0.125 e. The molecule has 0 radical (unpaired) electrons. The third kappa shape index (κ3) is 3.82. The van der Waals surface area contributed by atoms with Crippen molar-refractivity contribution >= 4 is 15.9 Å². The number of rotatable bonds is 5. The van der Waals surface area contributed by atoms with E-state index in [4.69, 9.17) is 15.6 Å². The van der Waals surface area contributed by atoms with Crippen molar-refractivity contribution < 1.29 is 9.84 Å². The predicted molar refractivity (Wildman–Crippen MR) is 83.4 cm³/mol. The number of benzene rings is 2. The van der Waals surface area contributed by atoms with Crippen molar-refractivity contribution in [1.29, 1.82) is 0 Å². The first-order chi connectivity index (χ1) is 9.60. The van der Waals surface area contributed by atoms with Crippen molar-refractivity contribution in [3.63, 3.8) is 0 Å². The van der Waals surface area contributed by atoms with Crippen molar-refractivity contribution in [2.24, 2.45) is 5.73 Å². The first-order valence-corrected chi connectivity index (χ1v) is 7.26. The lowest BCUT2D eigenvalue weighted by Crippen LogP contribution is -2.08. The van der Waals surface area contributed by atoms with Gasteiger partial charge in [0.25, 0.3) is 0 Å². The summed E-state index contributed by atoms with van der Waals surface area (Å²) in [5.41, 5.74) is 8.88. The lowest BCUT2D eigenvalue weighted by molar-refractivity contribution is 0.281. The molecule has 2 aromatic rings. The predicted octanol–water partition coefficient (Wildman–Crippen LogP) is 3.54. The van der Waals surface area contributed by atoms with Crippen molar-refractivity contribution in [3.05, 3.63) is 63.6 Å². The minimum absolute atomic E-state index is 0.0571. The fourth-order valence-electron chi connectivity index (χ4n) is 1.91. The van der Waals surface area contributed by atoms with Gasteiger partial charge in [-0.05, 0) is 30.2 Å². The summed E-state index contributed by atoms with van der Waals surface area (Å²) in [6.07, 6.45) is 0. The Balaban J connectivity index is 2.11. The fourth-order valence-corrected chi connectivity index (χ4v) is 2.25. The normalized spacial score (nSPS) is 12.2. The monoisotopic (exact) mass is 335 g/mol. The van der Waals surface area contributed by atoms with E-state index in [1.54, 1.807) is 0 Å². The summed E-state index contributed by atoms with van der Waals surface area (Å²) >= 11 is 3.44. The van der Waals surface area contributed by atoms with Gasteiger partial charge in [-0.25, -0.2) is 0 Å². The second-order valence-electron chi connectivity index (χ2n) is 4.73. The Morgan fingerprint density at radius 1 is 1.15 bits per heavy atom. The molecule has 0 amide bonds. The molecule has 4 heteroatoms. The van der Waals surface area contributed by atoms with Gasteiger partial charge in [-0.1, -0.05) is 46.3 Å². The van der Waals surface area contributed by atoms with Crippen LogP contribution < -0.4 is 10.5 Å². The molecule has 2 aromatic carbocycles.